The lowest BCUT2D eigenvalue weighted by Gasteiger charge is -2.48. The number of fused-ring (bicyclic) bond motifs is 2. The fourth-order valence-corrected chi connectivity index (χ4v) is 4.62. The van der Waals surface area contributed by atoms with Crippen LogP contribution in [-0.2, 0) is 0 Å². The molecule has 4 fully saturated rings. The van der Waals surface area contributed by atoms with Crippen LogP contribution in [0.15, 0.2) is 0 Å². The maximum Gasteiger partial charge on any atom is 0.0129 e. The minimum absolute atomic E-state index is 0.734. The molecule has 2 nitrogen and oxygen atoms in total. The third-order valence-corrected chi connectivity index (χ3v) is 5.46. The molecule has 2 heteroatoms. The average Bonchev–Trinajstić information content (AvgIpc) is 2.75. The zero-order chi connectivity index (χ0) is 11.1. The lowest BCUT2D eigenvalue weighted by molar-refractivity contribution is 0.00792. The zero-order valence-electron chi connectivity index (χ0n) is 10.6. The van der Waals surface area contributed by atoms with E-state index in [0.717, 1.165) is 36.3 Å². The number of rotatable bonds is 3. The lowest BCUT2D eigenvalue weighted by atomic mass is 9.75. The summed E-state index contributed by atoms with van der Waals surface area (Å²) in [7, 11) is 0. The SMILES string of the molecule is CC(CN)CC1CC2C3CCN(CC3)C2C1. The Hall–Kier alpha value is -0.0800. The van der Waals surface area contributed by atoms with Gasteiger partial charge in [-0.05, 0) is 75.4 Å². The van der Waals surface area contributed by atoms with Gasteiger partial charge in [-0.3, -0.25) is 0 Å². The molecule has 0 aromatic heterocycles. The molecule has 0 aromatic carbocycles. The van der Waals surface area contributed by atoms with Gasteiger partial charge in [0.1, 0.15) is 0 Å². The second-order valence-corrected chi connectivity index (χ2v) is 6.52. The van der Waals surface area contributed by atoms with E-state index in [1.54, 1.807) is 0 Å². The summed E-state index contributed by atoms with van der Waals surface area (Å²) in [6.45, 7) is 5.98. The van der Waals surface area contributed by atoms with Gasteiger partial charge in [0.05, 0.1) is 0 Å². The van der Waals surface area contributed by atoms with Crippen LogP contribution in [0.1, 0.15) is 39.0 Å². The second kappa shape index (κ2) is 4.30. The molecule has 0 spiro atoms. The van der Waals surface area contributed by atoms with Crippen molar-refractivity contribution in [3.63, 3.8) is 0 Å². The molecule has 16 heavy (non-hydrogen) atoms. The Balaban J connectivity index is 1.63. The van der Waals surface area contributed by atoms with E-state index in [0.29, 0.717) is 0 Å². The molecule has 3 heterocycles. The zero-order valence-corrected chi connectivity index (χ0v) is 10.6. The molecule has 0 radical (unpaired) electrons. The van der Waals surface area contributed by atoms with Gasteiger partial charge in [-0.25, -0.2) is 0 Å². The van der Waals surface area contributed by atoms with E-state index >= 15 is 0 Å². The largest absolute Gasteiger partial charge is 0.330 e. The van der Waals surface area contributed by atoms with Crippen LogP contribution in [0.3, 0.4) is 0 Å². The normalized spacial score (nSPS) is 48.0. The van der Waals surface area contributed by atoms with Crippen molar-refractivity contribution >= 4 is 0 Å². The van der Waals surface area contributed by atoms with Crippen LogP contribution < -0.4 is 5.73 Å². The highest BCUT2D eigenvalue weighted by Crippen LogP contribution is 2.49. The van der Waals surface area contributed by atoms with Crippen LogP contribution in [0.5, 0.6) is 0 Å². The van der Waals surface area contributed by atoms with Crippen molar-refractivity contribution in [2.24, 2.45) is 29.4 Å². The van der Waals surface area contributed by atoms with Gasteiger partial charge in [-0.1, -0.05) is 6.92 Å². The smallest absolute Gasteiger partial charge is 0.0129 e. The summed E-state index contributed by atoms with van der Waals surface area (Å²) in [6, 6.07) is 0.961. The maximum absolute atomic E-state index is 5.75. The van der Waals surface area contributed by atoms with E-state index in [1.165, 1.54) is 45.2 Å². The van der Waals surface area contributed by atoms with E-state index in [-0.39, 0.29) is 0 Å². The Morgan fingerprint density at radius 1 is 1.25 bits per heavy atom. The van der Waals surface area contributed by atoms with Gasteiger partial charge in [0.15, 0.2) is 0 Å². The van der Waals surface area contributed by atoms with Gasteiger partial charge >= 0.3 is 0 Å². The van der Waals surface area contributed by atoms with Gasteiger partial charge in [0.25, 0.3) is 0 Å². The highest BCUT2D eigenvalue weighted by atomic mass is 15.2. The van der Waals surface area contributed by atoms with Gasteiger partial charge in [-0.2, -0.15) is 0 Å². The fraction of sp³-hybridized carbons (Fsp3) is 1.00. The van der Waals surface area contributed by atoms with E-state index in [9.17, 15) is 0 Å². The van der Waals surface area contributed by atoms with Gasteiger partial charge in [0, 0.05) is 6.04 Å². The van der Waals surface area contributed by atoms with Gasteiger partial charge < -0.3 is 10.6 Å². The molecule has 4 rings (SSSR count). The quantitative estimate of drug-likeness (QED) is 0.792. The number of nitrogens with two attached hydrogens (primary N) is 1. The topological polar surface area (TPSA) is 29.3 Å². The predicted octanol–water partition coefficient (Wildman–Crippen LogP) is 2.09. The van der Waals surface area contributed by atoms with Gasteiger partial charge in [-0.15, -0.1) is 0 Å². The van der Waals surface area contributed by atoms with E-state index in [1.807, 2.05) is 0 Å². The molecule has 4 atom stereocenters. The first kappa shape index (κ1) is 11.0. The Bertz CT molecular complexity index is 225. The summed E-state index contributed by atoms with van der Waals surface area (Å²) in [4.78, 5) is 2.79. The highest BCUT2D eigenvalue weighted by Gasteiger charge is 2.47. The minimum atomic E-state index is 0.734. The number of piperidine rings is 3. The molecule has 0 aromatic rings. The van der Waals surface area contributed by atoms with Crippen molar-refractivity contribution in [3.05, 3.63) is 0 Å². The van der Waals surface area contributed by atoms with Crippen LogP contribution in [0.25, 0.3) is 0 Å². The Morgan fingerprint density at radius 2 is 2.00 bits per heavy atom. The molecule has 1 saturated carbocycles. The molecule has 3 aliphatic heterocycles. The molecule has 2 bridgehead atoms. The van der Waals surface area contributed by atoms with Crippen LogP contribution >= 0.6 is 0 Å². The molecule has 92 valence electrons. The third kappa shape index (κ3) is 1.80. The van der Waals surface area contributed by atoms with Crippen molar-refractivity contribution in [2.45, 2.75) is 45.1 Å². The highest BCUT2D eigenvalue weighted by molar-refractivity contribution is 5.00. The standard InChI is InChI=1S/C14H26N2/c1-10(9-15)6-11-7-13-12-2-4-16(5-3-12)14(13)8-11/h10-14H,2-9,15H2,1H3. The summed E-state index contributed by atoms with van der Waals surface area (Å²) in [6.07, 6.45) is 7.34. The first-order valence-corrected chi connectivity index (χ1v) is 7.22. The van der Waals surface area contributed by atoms with E-state index < -0.39 is 0 Å². The summed E-state index contributed by atoms with van der Waals surface area (Å²) in [5, 5.41) is 0. The molecule has 4 aliphatic rings. The number of hydrogen-bond acceptors (Lipinski definition) is 2. The first-order chi connectivity index (χ1) is 7.78. The number of nitrogens with zero attached hydrogens (tertiary/aromatic N) is 1. The minimum Gasteiger partial charge on any atom is -0.330 e. The summed E-state index contributed by atoms with van der Waals surface area (Å²) < 4.78 is 0. The summed E-state index contributed by atoms with van der Waals surface area (Å²) in [5.74, 6) is 3.85. The summed E-state index contributed by atoms with van der Waals surface area (Å²) >= 11 is 0. The number of hydrogen-bond donors (Lipinski definition) is 1. The molecule has 4 unspecified atom stereocenters. The van der Waals surface area contributed by atoms with Crippen molar-refractivity contribution in [3.8, 4) is 0 Å². The third-order valence-electron chi connectivity index (χ3n) is 5.46. The van der Waals surface area contributed by atoms with Crippen LogP contribution in [0, 0.1) is 23.7 Å². The average molecular weight is 222 g/mol. The summed E-state index contributed by atoms with van der Waals surface area (Å²) in [5.41, 5.74) is 5.75. The van der Waals surface area contributed by atoms with Crippen molar-refractivity contribution in [1.29, 1.82) is 0 Å². The van der Waals surface area contributed by atoms with Crippen molar-refractivity contribution in [2.75, 3.05) is 19.6 Å². The van der Waals surface area contributed by atoms with E-state index in [4.69, 9.17) is 5.73 Å². The molecule has 1 aliphatic carbocycles. The van der Waals surface area contributed by atoms with Crippen LogP contribution in [0.2, 0.25) is 0 Å². The Kier molecular flexibility index (Phi) is 2.97. The molecular formula is C14H26N2. The lowest BCUT2D eigenvalue weighted by Crippen LogP contribution is -2.52. The Morgan fingerprint density at radius 3 is 2.62 bits per heavy atom. The van der Waals surface area contributed by atoms with Gasteiger partial charge in [0.2, 0.25) is 0 Å². The molecule has 3 saturated heterocycles. The van der Waals surface area contributed by atoms with Crippen LogP contribution in [-0.4, -0.2) is 30.6 Å². The van der Waals surface area contributed by atoms with Crippen LogP contribution in [0.4, 0.5) is 0 Å². The maximum atomic E-state index is 5.75. The molecule has 2 N–H and O–H groups in total. The predicted molar refractivity (Wildman–Crippen MR) is 67.1 cm³/mol. The van der Waals surface area contributed by atoms with Crippen molar-refractivity contribution in [1.82, 2.24) is 4.90 Å². The second-order valence-electron chi connectivity index (χ2n) is 6.52. The Labute approximate surface area is 99.6 Å². The molecular weight excluding hydrogens is 196 g/mol. The monoisotopic (exact) mass is 222 g/mol. The molecule has 0 amide bonds. The first-order valence-electron chi connectivity index (χ1n) is 7.22. The fourth-order valence-electron chi connectivity index (χ4n) is 4.62. The van der Waals surface area contributed by atoms with Crippen molar-refractivity contribution < 1.29 is 0 Å². The van der Waals surface area contributed by atoms with E-state index in [2.05, 4.69) is 11.8 Å².